The molecule has 1 N–H and O–H groups in total. The minimum Gasteiger partial charge on any atom is -0.457 e. The summed E-state index contributed by atoms with van der Waals surface area (Å²) < 4.78 is 35.2. The number of hydrogen-bond acceptors (Lipinski definition) is 6. The average molecular weight is 931 g/mol. The third-order valence-corrected chi connectivity index (χ3v) is 11.9. The van der Waals surface area contributed by atoms with Crippen molar-refractivity contribution in [2.24, 2.45) is 0 Å². The molecule has 0 aromatic heterocycles. The second-order valence-electron chi connectivity index (χ2n) is 18.5. The van der Waals surface area contributed by atoms with E-state index < -0.39 is 13.9 Å². The van der Waals surface area contributed by atoms with E-state index in [1.54, 1.807) is 0 Å². The lowest BCUT2D eigenvalue weighted by molar-refractivity contribution is -0.870. The number of unbranched alkanes of at least 4 members (excludes halogenated alkanes) is 20. The Morgan fingerprint density at radius 1 is 0.492 bits per heavy atom. The number of allylic oxidation sites excluding steroid dienone is 14. The van der Waals surface area contributed by atoms with Gasteiger partial charge in [-0.05, 0) is 89.9 Å². The average Bonchev–Trinajstić information content (AvgIpc) is 3.27. The Kier molecular flexibility index (Phi) is 46.4. The van der Waals surface area contributed by atoms with Crippen LogP contribution in [0.15, 0.2) is 85.1 Å². The predicted octanol–water partition coefficient (Wildman–Crippen LogP) is 16.4. The number of esters is 1. The zero-order valence-electron chi connectivity index (χ0n) is 42.7. The Morgan fingerprint density at radius 2 is 0.892 bits per heavy atom. The summed E-state index contributed by atoms with van der Waals surface area (Å²) in [6, 6.07) is 0. The van der Waals surface area contributed by atoms with Gasteiger partial charge in [0.1, 0.15) is 19.3 Å². The van der Waals surface area contributed by atoms with Crippen LogP contribution in [-0.4, -0.2) is 75.6 Å². The van der Waals surface area contributed by atoms with Gasteiger partial charge in [0.2, 0.25) is 0 Å². The molecule has 65 heavy (non-hydrogen) atoms. The monoisotopic (exact) mass is 931 g/mol. The van der Waals surface area contributed by atoms with Gasteiger partial charge in [-0.3, -0.25) is 13.8 Å². The zero-order valence-corrected chi connectivity index (χ0v) is 43.6. The highest BCUT2D eigenvalue weighted by Gasteiger charge is 2.26. The summed E-state index contributed by atoms with van der Waals surface area (Å²) in [4.78, 5) is 23.0. The van der Waals surface area contributed by atoms with Gasteiger partial charge in [0.25, 0.3) is 0 Å². The van der Waals surface area contributed by atoms with E-state index in [1.807, 2.05) is 21.1 Å². The summed E-state index contributed by atoms with van der Waals surface area (Å²) in [6.45, 7) is 5.46. The van der Waals surface area contributed by atoms with Crippen LogP contribution in [0.5, 0.6) is 0 Å². The number of nitrogens with zero attached hydrogens (tertiary/aromatic N) is 1. The van der Waals surface area contributed by atoms with Gasteiger partial charge in [0.15, 0.2) is 0 Å². The number of rotatable bonds is 48. The molecular weight excluding hydrogens is 830 g/mol. The smallest absolute Gasteiger partial charge is 0.457 e. The Bertz CT molecular complexity index is 1310. The van der Waals surface area contributed by atoms with E-state index in [-0.39, 0.29) is 25.8 Å². The van der Waals surface area contributed by atoms with E-state index in [4.69, 9.17) is 18.5 Å². The highest BCUT2D eigenvalue weighted by atomic mass is 31.2. The molecule has 2 unspecified atom stereocenters. The minimum absolute atomic E-state index is 0.0821. The summed E-state index contributed by atoms with van der Waals surface area (Å²) in [6.07, 6.45) is 64.8. The van der Waals surface area contributed by atoms with Gasteiger partial charge >= 0.3 is 13.8 Å². The molecule has 8 nitrogen and oxygen atoms in total. The zero-order chi connectivity index (χ0) is 47.6. The number of carbonyl (C=O) groups is 1. The first-order valence-corrected chi connectivity index (χ1v) is 27.8. The fourth-order valence-electron chi connectivity index (χ4n) is 6.90. The number of ether oxygens (including phenoxy) is 2. The third kappa shape index (κ3) is 52.5. The van der Waals surface area contributed by atoms with Crippen LogP contribution in [0.4, 0.5) is 0 Å². The molecule has 0 saturated heterocycles. The number of likely N-dealkylation sites (N-methyl/N-ethyl adjacent to an activating group) is 1. The topological polar surface area (TPSA) is 91.3 Å². The quantitative estimate of drug-likeness (QED) is 0.0214. The Hall–Kier alpha value is -2.32. The van der Waals surface area contributed by atoms with Crippen molar-refractivity contribution < 1.29 is 37.3 Å². The second-order valence-corrected chi connectivity index (χ2v) is 20.0. The first-order chi connectivity index (χ1) is 31.6. The molecule has 0 aliphatic carbocycles. The maximum atomic E-state index is 12.8. The van der Waals surface area contributed by atoms with Crippen LogP contribution in [0.1, 0.15) is 206 Å². The number of phosphoric ester groups is 1. The SMILES string of the molecule is CC/C=C\C/C=C\C/C=C\C/C=C\C/C=C\CCCCCCCCCCCC(=O)OC(COCCCCCCCCCC/C=C\C/C=C\CCCCC)COP(=O)(O)OCC[N+](C)(C)C. The van der Waals surface area contributed by atoms with Gasteiger partial charge in [0.05, 0.1) is 34.4 Å². The fraction of sp³-hybridized carbons (Fsp3) is 0.732. The van der Waals surface area contributed by atoms with E-state index in [2.05, 4.69) is 98.9 Å². The van der Waals surface area contributed by atoms with E-state index in [0.717, 1.165) is 77.0 Å². The van der Waals surface area contributed by atoms with Crippen molar-refractivity contribution in [2.75, 3.05) is 54.1 Å². The lowest BCUT2D eigenvalue weighted by Gasteiger charge is -2.24. The lowest BCUT2D eigenvalue weighted by atomic mass is 10.1. The molecule has 0 heterocycles. The molecule has 0 saturated carbocycles. The van der Waals surface area contributed by atoms with Crippen LogP contribution in [0.25, 0.3) is 0 Å². The highest BCUT2D eigenvalue weighted by Crippen LogP contribution is 2.43. The third-order valence-electron chi connectivity index (χ3n) is 10.9. The predicted molar refractivity (Wildman–Crippen MR) is 279 cm³/mol. The Morgan fingerprint density at radius 3 is 1.34 bits per heavy atom. The Balaban J connectivity index is 4.16. The van der Waals surface area contributed by atoms with E-state index in [9.17, 15) is 14.3 Å². The largest absolute Gasteiger partial charge is 0.472 e. The number of quaternary nitrogens is 1. The molecule has 0 amide bonds. The van der Waals surface area contributed by atoms with Crippen molar-refractivity contribution in [3.8, 4) is 0 Å². The summed E-state index contributed by atoms with van der Waals surface area (Å²) in [5.74, 6) is -0.324. The summed E-state index contributed by atoms with van der Waals surface area (Å²) in [7, 11) is 1.65. The number of phosphoric acid groups is 1. The molecular formula is C56H101NO7P+. The van der Waals surface area contributed by atoms with Gasteiger partial charge in [-0.2, -0.15) is 0 Å². The van der Waals surface area contributed by atoms with Crippen LogP contribution in [0, 0.1) is 0 Å². The molecule has 0 radical (unpaired) electrons. The first-order valence-electron chi connectivity index (χ1n) is 26.3. The van der Waals surface area contributed by atoms with E-state index in [0.29, 0.717) is 24.1 Å². The molecule has 0 aromatic rings. The summed E-state index contributed by atoms with van der Waals surface area (Å²) >= 11 is 0. The molecule has 0 aliphatic rings. The van der Waals surface area contributed by atoms with Crippen LogP contribution in [0.3, 0.4) is 0 Å². The normalized spacial score (nSPS) is 14.2. The molecule has 0 spiro atoms. The van der Waals surface area contributed by atoms with Crippen molar-refractivity contribution in [1.29, 1.82) is 0 Å². The van der Waals surface area contributed by atoms with Gasteiger partial charge in [-0.1, -0.05) is 195 Å². The Labute approximate surface area is 401 Å². The first kappa shape index (κ1) is 62.7. The maximum absolute atomic E-state index is 12.8. The van der Waals surface area contributed by atoms with Gasteiger partial charge in [-0.15, -0.1) is 0 Å². The maximum Gasteiger partial charge on any atom is 0.472 e. The lowest BCUT2D eigenvalue weighted by Crippen LogP contribution is -2.37. The van der Waals surface area contributed by atoms with Crippen LogP contribution < -0.4 is 0 Å². The highest BCUT2D eigenvalue weighted by molar-refractivity contribution is 7.47. The van der Waals surface area contributed by atoms with Crippen molar-refractivity contribution >= 4 is 13.8 Å². The molecule has 2 atom stereocenters. The minimum atomic E-state index is -4.29. The van der Waals surface area contributed by atoms with Crippen LogP contribution in [0.2, 0.25) is 0 Å². The van der Waals surface area contributed by atoms with Crippen molar-refractivity contribution in [3.05, 3.63) is 85.1 Å². The van der Waals surface area contributed by atoms with Crippen LogP contribution >= 0.6 is 7.82 Å². The van der Waals surface area contributed by atoms with Gasteiger partial charge < -0.3 is 18.9 Å². The van der Waals surface area contributed by atoms with Crippen LogP contribution in [-0.2, 0) is 27.9 Å². The van der Waals surface area contributed by atoms with E-state index >= 15 is 0 Å². The second kappa shape index (κ2) is 48.1. The fourth-order valence-corrected chi connectivity index (χ4v) is 7.65. The van der Waals surface area contributed by atoms with E-state index in [1.165, 1.54) is 109 Å². The molecule has 0 aliphatic heterocycles. The molecule has 0 bridgehead atoms. The summed E-state index contributed by atoms with van der Waals surface area (Å²) in [5.41, 5.74) is 0. The van der Waals surface area contributed by atoms with Crippen molar-refractivity contribution in [2.45, 2.75) is 213 Å². The van der Waals surface area contributed by atoms with Crippen molar-refractivity contribution in [3.63, 3.8) is 0 Å². The van der Waals surface area contributed by atoms with Gasteiger partial charge in [0, 0.05) is 13.0 Å². The molecule has 0 fully saturated rings. The molecule has 9 heteroatoms. The number of carbonyl (C=O) groups excluding carboxylic acids is 1. The standard InChI is InChI=1S/C56H100NO7P/c1-6-8-10-12-14-16-18-20-22-24-26-27-28-29-30-31-32-33-35-37-39-41-43-45-47-49-56(58)64-55(54-63-65(59,60)62-52-50-57(3,4)5)53-61-51-48-46-44-42-40-38-36-34-25-23-21-19-17-15-13-11-9-7-2/h8,10,14-17,20-23,26-27,29-30,55H,6-7,9,11-13,18-19,24-25,28,31-54H2,1-5H3/p+1/b10-8-,16-14-,17-15-,22-20-,23-21-,27-26-,30-29-. The summed E-state index contributed by atoms with van der Waals surface area (Å²) in [5, 5.41) is 0. The van der Waals surface area contributed by atoms with Crippen molar-refractivity contribution in [1.82, 2.24) is 0 Å². The molecule has 0 aromatic carbocycles. The number of hydrogen-bond donors (Lipinski definition) is 1. The molecule has 0 rings (SSSR count). The molecule has 376 valence electrons. The van der Waals surface area contributed by atoms with Gasteiger partial charge in [-0.25, -0.2) is 4.57 Å².